The SMILES string of the molecule is N=C(N)c1cccc(OCCCNC(=O)[C@H](Cc2cnc[nH]2)NC(=O)OCc2ccccc2)c1. The van der Waals surface area contributed by atoms with Crippen molar-refractivity contribution in [2.75, 3.05) is 13.2 Å². The number of nitrogens with one attached hydrogen (secondary N) is 4. The van der Waals surface area contributed by atoms with Crippen LogP contribution in [-0.2, 0) is 22.6 Å². The molecule has 3 aromatic rings. The smallest absolute Gasteiger partial charge is 0.408 e. The second-order valence-electron chi connectivity index (χ2n) is 7.47. The summed E-state index contributed by atoms with van der Waals surface area (Å²) < 4.78 is 10.9. The van der Waals surface area contributed by atoms with Crippen LogP contribution in [0.3, 0.4) is 0 Å². The molecule has 2 amide bonds. The van der Waals surface area contributed by atoms with Crippen LogP contribution >= 0.6 is 0 Å². The van der Waals surface area contributed by atoms with Crippen LogP contribution in [0.2, 0.25) is 0 Å². The van der Waals surface area contributed by atoms with Gasteiger partial charge in [-0.3, -0.25) is 10.2 Å². The summed E-state index contributed by atoms with van der Waals surface area (Å²) >= 11 is 0. The van der Waals surface area contributed by atoms with Crippen LogP contribution in [0.5, 0.6) is 5.75 Å². The number of alkyl carbamates (subject to hydrolysis) is 1. The molecule has 10 nitrogen and oxygen atoms in total. The number of amidine groups is 1. The van der Waals surface area contributed by atoms with Gasteiger partial charge < -0.3 is 30.8 Å². The molecule has 0 aliphatic heterocycles. The summed E-state index contributed by atoms with van der Waals surface area (Å²) in [4.78, 5) is 31.9. The Balaban J connectivity index is 1.45. The lowest BCUT2D eigenvalue weighted by Crippen LogP contribution is -2.48. The number of H-pyrrole nitrogens is 1. The molecule has 1 heterocycles. The number of carbonyl (C=O) groups excluding carboxylic acids is 2. The molecule has 34 heavy (non-hydrogen) atoms. The van der Waals surface area contributed by atoms with E-state index < -0.39 is 12.1 Å². The van der Waals surface area contributed by atoms with E-state index in [0.717, 1.165) is 5.56 Å². The minimum atomic E-state index is -0.836. The fourth-order valence-corrected chi connectivity index (χ4v) is 3.08. The highest BCUT2D eigenvalue weighted by molar-refractivity contribution is 5.95. The molecule has 3 rings (SSSR count). The zero-order valence-corrected chi connectivity index (χ0v) is 18.6. The lowest BCUT2D eigenvalue weighted by atomic mass is 10.1. The number of imidazole rings is 1. The van der Waals surface area contributed by atoms with Gasteiger partial charge in [-0.15, -0.1) is 0 Å². The maximum Gasteiger partial charge on any atom is 0.408 e. The minimum Gasteiger partial charge on any atom is -0.494 e. The molecule has 0 saturated heterocycles. The van der Waals surface area contributed by atoms with E-state index in [0.29, 0.717) is 36.6 Å². The number of carbonyl (C=O) groups is 2. The molecule has 0 spiro atoms. The van der Waals surface area contributed by atoms with E-state index in [1.165, 1.54) is 6.33 Å². The molecular formula is C24H28N6O4. The van der Waals surface area contributed by atoms with Crippen molar-refractivity contribution >= 4 is 17.8 Å². The van der Waals surface area contributed by atoms with Crippen LogP contribution in [0.4, 0.5) is 4.79 Å². The van der Waals surface area contributed by atoms with Crippen molar-refractivity contribution in [2.24, 2.45) is 5.73 Å². The molecule has 0 aliphatic rings. The van der Waals surface area contributed by atoms with Crippen molar-refractivity contribution in [2.45, 2.75) is 25.5 Å². The van der Waals surface area contributed by atoms with Crippen LogP contribution < -0.4 is 21.1 Å². The number of nitrogens with zero attached hydrogens (tertiary/aromatic N) is 1. The molecule has 0 radical (unpaired) electrons. The van der Waals surface area contributed by atoms with Crippen molar-refractivity contribution < 1.29 is 19.1 Å². The standard InChI is InChI=1S/C24H28N6O4/c25-22(26)18-8-4-9-20(12-18)33-11-5-10-28-23(31)21(13-19-14-27-16-29-19)30-24(32)34-15-17-6-2-1-3-7-17/h1-4,6-9,12,14,16,21H,5,10-11,13,15H2,(H3,25,26)(H,27,29)(H,28,31)(H,30,32)/t21-/m0/s1. The maximum atomic E-state index is 12.7. The average Bonchev–Trinajstić information content (AvgIpc) is 3.36. The van der Waals surface area contributed by atoms with Gasteiger partial charge >= 0.3 is 6.09 Å². The molecule has 1 aromatic heterocycles. The molecule has 6 N–H and O–H groups in total. The van der Waals surface area contributed by atoms with Crippen LogP contribution in [0.25, 0.3) is 0 Å². The van der Waals surface area contributed by atoms with E-state index in [1.54, 1.807) is 30.5 Å². The number of hydrogen-bond acceptors (Lipinski definition) is 6. The number of rotatable bonds is 12. The number of benzene rings is 2. The van der Waals surface area contributed by atoms with Gasteiger partial charge in [-0.25, -0.2) is 9.78 Å². The summed E-state index contributed by atoms with van der Waals surface area (Å²) in [5.41, 5.74) is 7.62. The van der Waals surface area contributed by atoms with E-state index in [2.05, 4.69) is 20.6 Å². The average molecular weight is 465 g/mol. The van der Waals surface area contributed by atoms with E-state index in [-0.39, 0.29) is 24.8 Å². The number of ether oxygens (including phenoxy) is 2. The summed E-state index contributed by atoms with van der Waals surface area (Å²) in [6.07, 6.45) is 3.21. The van der Waals surface area contributed by atoms with Crippen LogP contribution in [0, 0.1) is 5.41 Å². The fourth-order valence-electron chi connectivity index (χ4n) is 3.08. The normalized spacial score (nSPS) is 11.3. The topological polar surface area (TPSA) is 155 Å². The number of nitrogens with two attached hydrogens (primary N) is 1. The van der Waals surface area contributed by atoms with Gasteiger partial charge in [0.15, 0.2) is 0 Å². The Hall–Kier alpha value is -4.34. The van der Waals surface area contributed by atoms with Gasteiger partial charge in [0.05, 0.1) is 12.9 Å². The van der Waals surface area contributed by atoms with Gasteiger partial charge in [-0.2, -0.15) is 0 Å². The summed E-state index contributed by atoms with van der Waals surface area (Å²) in [6.45, 7) is 0.818. The number of amides is 2. The lowest BCUT2D eigenvalue weighted by molar-refractivity contribution is -0.123. The predicted molar refractivity (Wildman–Crippen MR) is 126 cm³/mol. The molecule has 0 bridgehead atoms. The number of nitrogen functional groups attached to an aromatic ring is 1. The summed E-state index contributed by atoms with van der Waals surface area (Å²) in [6, 6.07) is 15.4. The quantitative estimate of drug-likeness (QED) is 0.157. The first-order valence-electron chi connectivity index (χ1n) is 10.8. The van der Waals surface area contributed by atoms with Crippen molar-refractivity contribution in [1.29, 1.82) is 5.41 Å². The molecular weight excluding hydrogens is 436 g/mol. The van der Waals surface area contributed by atoms with E-state index >= 15 is 0 Å². The fraction of sp³-hybridized carbons (Fsp3) is 0.250. The van der Waals surface area contributed by atoms with Gasteiger partial charge in [0.25, 0.3) is 0 Å². The highest BCUT2D eigenvalue weighted by Gasteiger charge is 2.22. The third-order valence-corrected chi connectivity index (χ3v) is 4.83. The summed E-state index contributed by atoms with van der Waals surface area (Å²) in [7, 11) is 0. The highest BCUT2D eigenvalue weighted by atomic mass is 16.5. The van der Waals surface area contributed by atoms with Crippen LogP contribution in [-0.4, -0.2) is 47.0 Å². The third-order valence-electron chi connectivity index (χ3n) is 4.83. The zero-order chi connectivity index (χ0) is 24.2. The Morgan fingerprint density at radius 1 is 1.15 bits per heavy atom. The lowest BCUT2D eigenvalue weighted by Gasteiger charge is -2.18. The van der Waals surface area contributed by atoms with Crippen molar-refractivity contribution in [3.63, 3.8) is 0 Å². The van der Waals surface area contributed by atoms with Gasteiger partial charge in [0, 0.05) is 30.4 Å². The monoisotopic (exact) mass is 464 g/mol. The third kappa shape index (κ3) is 7.97. The van der Waals surface area contributed by atoms with Gasteiger partial charge in [0.1, 0.15) is 24.2 Å². The summed E-state index contributed by atoms with van der Waals surface area (Å²) in [5.74, 6) is 0.222. The number of aromatic amines is 1. The Morgan fingerprint density at radius 3 is 2.71 bits per heavy atom. The number of aromatic nitrogens is 2. The molecule has 0 fully saturated rings. The Morgan fingerprint density at radius 2 is 1.97 bits per heavy atom. The van der Waals surface area contributed by atoms with E-state index in [4.69, 9.17) is 20.6 Å². The second kappa shape index (κ2) is 12.6. The molecule has 1 atom stereocenters. The van der Waals surface area contributed by atoms with Crippen molar-refractivity contribution in [1.82, 2.24) is 20.6 Å². The van der Waals surface area contributed by atoms with Crippen molar-refractivity contribution in [3.05, 3.63) is 83.9 Å². The van der Waals surface area contributed by atoms with Crippen LogP contribution in [0.1, 0.15) is 23.2 Å². The number of hydrogen-bond donors (Lipinski definition) is 5. The van der Waals surface area contributed by atoms with Gasteiger partial charge in [-0.1, -0.05) is 42.5 Å². The Kier molecular flexibility index (Phi) is 9.03. The second-order valence-corrected chi connectivity index (χ2v) is 7.47. The predicted octanol–water partition coefficient (Wildman–Crippen LogP) is 2.12. The molecule has 0 aliphatic carbocycles. The van der Waals surface area contributed by atoms with Gasteiger partial charge in [0.2, 0.25) is 5.91 Å². The minimum absolute atomic E-state index is 0.0317. The Bertz CT molecular complexity index is 1070. The van der Waals surface area contributed by atoms with Gasteiger partial charge in [-0.05, 0) is 24.1 Å². The summed E-state index contributed by atoms with van der Waals surface area (Å²) in [5, 5.41) is 12.9. The van der Waals surface area contributed by atoms with Crippen molar-refractivity contribution in [3.8, 4) is 5.75 Å². The first-order chi connectivity index (χ1) is 16.5. The molecule has 0 saturated carbocycles. The Labute approximate surface area is 197 Å². The zero-order valence-electron chi connectivity index (χ0n) is 18.6. The molecule has 0 unspecified atom stereocenters. The first kappa shape index (κ1) is 24.3. The van der Waals surface area contributed by atoms with E-state index in [9.17, 15) is 9.59 Å². The molecule has 178 valence electrons. The highest BCUT2D eigenvalue weighted by Crippen LogP contribution is 2.13. The molecule has 2 aromatic carbocycles. The van der Waals surface area contributed by atoms with E-state index in [1.807, 2.05) is 30.3 Å². The largest absolute Gasteiger partial charge is 0.494 e. The maximum absolute atomic E-state index is 12.7. The van der Waals surface area contributed by atoms with Crippen LogP contribution in [0.15, 0.2) is 67.1 Å². The molecule has 10 heteroatoms. The first-order valence-corrected chi connectivity index (χ1v) is 10.8.